The van der Waals surface area contributed by atoms with E-state index < -0.39 is 29.3 Å². The number of hydrogen-bond acceptors (Lipinski definition) is 9. The fraction of sp³-hybridized carbons (Fsp3) is 0.982. The smallest absolute Gasteiger partial charge is 0.334 e. The molecule has 5 nitrogen and oxygen atoms in total. The lowest BCUT2D eigenvalue weighted by Gasteiger charge is -2.44. The minimum Gasteiger partial charge on any atom is -0.463 e. The molecule has 0 amide bonds. The summed E-state index contributed by atoms with van der Waals surface area (Å²) < 4.78 is 5.74. The average Bonchev–Trinajstić information content (AvgIpc) is 3.32. The number of aliphatic hydroxyl groups excluding tert-OH is 3. The van der Waals surface area contributed by atoms with E-state index in [1.807, 2.05) is 23.5 Å². The topological polar surface area (TPSA) is 87.0 Å². The zero-order valence-corrected chi connectivity index (χ0v) is 47.7. The number of thioether (sulfide) groups is 4. The molecule has 0 radical (unpaired) electrons. The first kappa shape index (κ1) is 65.8. The van der Waals surface area contributed by atoms with Gasteiger partial charge in [0.2, 0.25) is 0 Å². The molecule has 0 rings (SSSR count). The van der Waals surface area contributed by atoms with Gasteiger partial charge in [-0.1, -0.05) is 235 Å². The maximum Gasteiger partial charge on any atom is 0.334 e. The van der Waals surface area contributed by atoms with Gasteiger partial charge in [-0.3, -0.25) is 0 Å². The van der Waals surface area contributed by atoms with Gasteiger partial charge in [-0.2, -0.15) is 0 Å². The van der Waals surface area contributed by atoms with Crippen molar-refractivity contribution >= 4 is 53.0 Å². The number of aliphatic hydroxyl groups is 3. The van der Waals surface area contributed by atoms with Crippen molar-refractivity contribution in [3.8, 4) is 0 Å². The molecule has 4 atom stereocenters. The quantitative estimate of drug-likeness (QED) is 0.0313. The van der Waals surface area contributed by atoms with Crippen molar-refractivity contribution in [3.63, 3.8) is 0 Å². The molecule has 0 aliphatic carbocycles. The van der Waals surface area contributed by atoms with Crippen LogP contribution in [-0.2, 0) is 9.53 Å². The minimum atomic E-state index is -1.28. The first-order chi connectivity index (χ1) is 31.7. The van der Waals surface area contributed by atoms with Gasteiger partial charge in [0.1, 0.15) is 6.61 Å². The van der Waals surface area contributed by atoms with Gasteiger partial charge < -0.3 is 20.1 Å². The summed E-state index contributed by atoms with van der Waals surface area (Å²) in [6.45, 7) is 17.0. The van der Waals surface area contributed by atoms with E-state index in [0.29, 0.717) is 21.0 Å². The highest BCUT2D eigenvalue weighted by Gasteiger charge is 2.53. The van der Waals surface area contributed by atoms with Crippen molar-refractivity contribution in [1.29, 1.82) is 0 Å². The van der Waals surface area contributed by atoms with Gasteiger partial charge in [0, 0.05) is 21.0 Å². The highest BCUT2D eigenvalue weighted by Crippen LogP contribution is 2.58. The molecule has 9 heteroatoms. The molecule has 0 aliphatic rings. The second kappa shape index (κ2) is 45.9. The molecule has 0 fully saturated rings. The third-order valence-corrected chi connectivity index (χ3v) is 21.3. The van der Waals surface area contributed by atoms with Gasteiger partial charge in [0.25, 0.3) is 0 Å². The molecule has 390 valence electrons. The van der Waals surface area contributed by atoms with E-state index in [9.17, 15) is 15.3 Å². The van der Waals surface area contributed by atoms with Gasteiger partial charge in [-0.15, -0.1) is 47.0 Å². The molecular weight excluding hydrogens is 881 g/mol. The molecule has 0 aromatic rings. The van der Waals surface area contributed by atoms with Crippen LogP contribution in [0.2, 0.25) is 0 Å². The van der Waals surface area contributed by atoms with E-state index in [4.69, 9.17) is 4.74 Å². The lowest BCUT2D eigenvalue weighted by atomic mass is 9.93. The zero-order chi connectivity index (χ0) is 48.3. The number of ether oxygens (including phenoxy) is 1. The Bertz CT molecular complexity index is 951. The largest absolute Gasteiger partial charge is 0.463 e. The van der Waals surface area contributed by atoms with Crippen LogP contribution in [0, 0.1) is 5.41 Å². The fourth-order valence-electron chi connectivity index (χ4n) is 8.71. The summed E-state index contributed by atoms with van der Waals surface area (Å²) in [5, 5.41) is 33.3. The maximum absolute atomic E-state index is 16.1. The molecule has 0 spiro atoms. The van der Waals surface area contributed by atoms with E-state index in [1.165, 1.54) is 180 Å². The number of carbonyl (C=O) groups excluding carboxylic acids is 1. The Morgan fingerprint density at radius 2 is 0.646 bits per heavy atom. The summed E-state index contributed by atoms with van der Waals surface area (Å²) in [6.07, 6.45) is 43.7. The number of hydrogen-bond donors (Lipinski definition) is 3. The predicted octanol–water partition coefficient (Wildman–Crippen LogP) is 18.1. The van der Waals surface area contributed by atoms with Gasteiger partial charge in [-0.25, -0.2) is 4.79 Å². The van der Waals surface area contributed by atoms with Crippen LogP contribution in [0.4, 0.5) is 0 Å². The summed E-state index contributed by atoms with van der Waals surface area (Å²) in [7, 11) is 0. The monoisotopic (exact) mass is 993 g/mol. The summed E-state index contributed by atoms with van der Waals surface area (Å²) in [5.74, 6) is -0.174. The molecule has 4 unspecified atom stereocenters. The Morgan fingerprint density at radius 3 is 0.938 bits per heavy atom. The molecular formula is C56H112O5S4. The summed E-state index contributed by atoms with van der Waals surface area (Å²) in [4.78, 5) is 16.1. The van der Waals surface area contributed by atoms with Crippen molar-refractivity contribution in [3.05, 3.63) is 0 Å². The average molecular weight is 994 g/mol. The van der Waals surface area contributed by atoms with Crippen LogP contribution in [0.1, 0.15) is 287 Å². The highest BCUT2D eigenvalue weighted by atomic mass is 32.2. The number of rotatable bonds is 51. The van der Waals surface area contributed by atoms with Gasteiger partial charge >= 0.3 is 5.97 Å². The Hall–Kier alpha value is 0.750. The third-order valence-electron chi connectivity index (χ3n) is 13.5. The molecule has 0 saturated heterocycles. The normalized spacial score (nSPS) is 15.4. The standard InChI is InChI=1S/C56H112O5S4/c1-9-17-25-29-33-41-49(37-21-13-5)62-54(63-50(38-22-14-6)42-34-30-26-18-10-2)56(53(60)61-48-55(45-57,46-58)47-59,64-51(39-23-15-7)43-35-31-27-19-11-3)65-52(40-24-16-8)44-36-32-28-20-12-4/h49-52,54,57-59H,9-48H2,1-8H3. The fourth-order valence-corrected chi connectivity index (χ4v) is 17.4. The van der Waals surface area contributed by atoms with E-state index in [1.54, 1.807) is 0 Å². The molecule has 0 saturated carbocycles. The second-order valence-electron chi connectivity index (χ2n) is 19.9. The highest BCUT2D eigenvalue weighted by molar-refractivity contribution is 8.25. The maximum atomic E-state index is 16.1. The van der Waals surface area contributed by atoms with Crippen molar-refractivity contribution in [2.24, 2.45) is 5.41 Å². The van der Waals surface area contributed by atoms with Crippen molar-refractivity contribution in [1.82, 2.24) is 0 Å². The van der Waals surface area contributed by atoms with E-state index in [-0.39, 0.29) is 17.2 Å². The Morgan fingerprint density at radius 1 is 0.385 bits per heavy atom. The van der Waals surface area contributed by atoms with Crippen LogP contribution in [-0.4, -0.2) is 77.4 Å². The zero-order valence-electron chi connectivity index (χ0n) is 44.5. The van der Waals surface area contributed by atoms with E-state index in [0.717, 1.165) is 51.4 Å². The molecule has 0 bridgehead atoms. The predicted molar refractivity (Wildman–Crippen MR) is 298 cm³/mol. The Labute approximate surface area is 423 Å². The van der Waals surface area contributed by atoms with Gasteiger partial charge in [0.15, 0.2) is 4.08 Å². The van der Waals surface area contributed by atoms with Crippen molar-refractivity contribution in [2.75, 3.05) is 26.4 Å². The summed E-state index contributed by atoms with van der Waals surface area (Å²) in [5.41, 5.74) is -1.28. The second-order valence-corrected chi connectivity index (χ2v) is 26.4. The summed E-state index contributed by atoms with van der Waals surface area (Å²) in [6, 6.07) is 0. The molecule has 0 aromatic heterocycles. The number of esters is 1. The lowest BCUT2D eigenvalue weighted by molar-refractivity contribution is -0.151. The third kappa shape index (κ3) is 31.7. The first-order valence-electron chi connectivity index (χ1n) is 28.3. The van der Waals surface area contributed by atoms with Gasteiger partial charge in [-0.05, 0) is 51.4 Å². The number of carbonyl (C=O) groups is 1. The molecule has 3 N–H and O–H groups in total. The van der Waals surface area contributed by atoms with Crippen molar-refractivity contribution < 1.29 is 24.9 Å². The molecule has 0 heterocycles. The molecule has 0 aromatic carbocycles. The minimum absolute atomic E-state index is 0.0137. The van der Waals surface area contributed by atoms with Crippen LogP contribution >= 0.6 is 47.0 Å². The van der Waals surface area contributed by atoms with Crippen LogP contribution in [0.5, 0.6) is 0 Å². The van der Waals surface area contributed by atoms with E-state index in [2.05, 4.69) is 78.9 Å². The SMILES string of the molecule is CCCCCCCC(CCCC)SC(SC(CCCC)CCCCCCC)C(SC(CCCC)CCCCCCC)(SC(CCCC)CCCCCCC)C(=O)OCC(CO)(CO)CO. The lowest BCUT2D eigenvalue weighted by Crippen LogP contribution is -2.48. The van der Waals surface area contributed by atoms with E-state index >= 15 is 4.79 Å². The molecule has 0 aliphatic heterocycles. The van der Waals surface area contributed by atoms with Crippen LogP contribution in [0.3, 0.4) is 0 Å². The first-order valence-corrected chi connectivity index (χ1v) is 32.0. The Kier molecular flexibility index (Phi) is 46.4. The summed E-state index contributed by atoms with van der Waals surface area (Å²) >= 11 is 8.33. The van der Waals surface area contributed by atoms with Crippen LogP contribution < -0.4 is 0 Å². The van der Waals surface area contributed by atoms with Crippen LogP contribution in [0.25, 0.3) is 0 Å². The molecule has 65 heavy (non-hydrogen) atoms. The van der Waals surface area contributed by atoms with Gasteiger partial charge in [0.05, 0.1) is 29.8 Å². The Balaban J connectivity index is 8.14. The van der Waals surface area contributed by atoms with Crippen molar-refractivity contribution in [2.45, 2.75) is 316 Å². The number of unbranched alkanes of at least 4 members (excludes halogenated alkanes) is 20. The van der Waals surface area contributed by atoms with Crippen LogP contribution in [0.15, 0.2) is 0 Å².